The average molecular weight is 811 g/mol. The van der Waals surface area contributed by atoms with Gasteiger partial charge in [0, 0.05) is 26.9 Å². The van der Waals surface area contributed by atoms with Crippen LogP contribution in [-0.4, -0.2) is 70.3 Å². The predicted molar refractivity (Wildman–Crippen MR) is 242 cm³/mol. The molecule has 0 aromatic rings. The van der Waals surface area contributed by atoms with Crippen molar-refractivity contribution in [3.8, 4) is 0 Å². The van der Waals surface area contributed by atoms with Crippen LogP contribution in [0, 0.1) is 35.5 Å². The lowest BCUT2D eigenvalue weighted by Gasteiger charge is -2.21. The first-order valence-corrected chi connectivity index (χ1v) is 24.0. The molecule has 1 rings (SSSR count). The number of rotatable bonds is 34. The van der Waals surface area contributed by atoms with Gasteiger partial charge in [-0.3, -0.25) is 14.4 Å². The van der Waals surface area contributed by atoms with E-state index in [-0.39, 0.29) is 11.9 Å². The molecule has 1 aliphatic heterocycles. The maximum absolute atomic E-state index is 12.2. The highest BCUT2D eigenvalue weighted by Gasteiger charge is 2.18. The van der Waals surface area contributed by atoms with Crippen molar-refractivity contribution in [2.24, 2.45) is 35.5 Å². The molecule has 8 heteroatoms. The third-order valence-corrected chi connectivity index (χ3v) is 11.4. The molecule has 1 heterocycles. The van der Waals surface area contributed by atoms with Crippen LogP contribution in [0.25, 0.3) is 0 Å². The van der Waals surface area contributed by atoms with Crippen molar-refractivity contribution < 1.29 is 28.7 Å². The van der Waals surface area contributed by atoms with Gasteiger partial charge in [0.05, 0.1) is 19.3 Å². The van der Waals surface area contributed by atoms with Gasteiger partial charge in [-0.2, -0.15) is 5.06 Å². The molecular formula is C49H98N2O6. The first-order valence-electron chi connectivity index (χ1n) is 24.0. The quantitative estimate of drug-likeness (QED) is 0.0390. The van der Waals surface area contributed by atoms with Crippen LogP contribution < -0.4 is 5.32 Å². The van der Waals surface area contributed by atoms with Crippen LogP contribution in [0.2, 0.25) is 0 Å². The van der Waals surface area contributed by atoms with Crippen LogP contribution >= 0.6 is 0 Å². The van der Waals surface area contributed by atoms with Gasteiger partial charge in [-0.15, -0.1) is 0 Å². The molecule has 0 bridgehead atoms. The SMILES string of the molecule is C1CCNCC1.C=O.CC(C)CCC(COC(=O)CCCCCCCCCC(CCCCCCCCCC(=O)OCC(CCC(C)C)C(C)C)ON(C)C)C(C)C. The number of piperidine rings is 1. The predicted octanol–water partition coefficient (Wildman–Crippen LogP) is 12.9. The molecule has 8 nitrogen and oxygen atoms in total. The summed E-state index contributed by atoms with van der Waals surface area (Å²) in [5, 5.41) is 5.15. The zero-order valence-corrected chi connectivity index (χ0v) is 39.7. The number of unbranched alkanes of at least 4 members (excludes halogenated alkanes) is 12. The van der Waals surface area contributed by atoms with Crippen molar-refractivity contribution in [3.05, 3.63) is 0 Å². The molecule has 0 saturated carbocycles. The number of nitrogens with one attached hydrogen (secondary N) is 1. The number of hydrogen-bond acceptors (Lipinski definition) is 8. The van der Waals surface area contributed by atoms with Crippen LogP contribution in [0.15, 0.2) is 0 Å². The minimum Gasteiger partial charge on any atom is -0.465 e. The zero-order valence-electron chi connectivity index (χ0n) is 39.7. The van der Waals surface area contributed by atoms with Gasteiger partial charge in [-0.05, 0) is 100.0 Å². The van der Waals surface area contributed by atoms with E-state index in [1.807, 2.05) is 25.9 Å². The number of ether oxygens (including phenoxy) is 2. The summed E-state index contributed by atoms with van der Waals surface area (Å²) in [7, 11) is 3.98. The highest BCUT2D eigenvalue weighted by atomic mass is 16.7. The van der Waals surface area contributed by atoms with E-state index >= 15 is 0 Å². The van der Waals surface area contributed by atoms with Crippen LogP contribution in [0.3, 0.4) is 0 Å². The molecule has 0 spiro atoms. The molecule has 57 heavy (non-hydrogen) atoms. The van der Waals surface area contributed by atoms with Gasteiger partial charge in [0.1, 0.15) is 6.79 Å². The summed E-state index contributed by atoms with van der Waals surface area (Å²) in [6.07, 6.45) is 29.1. The van der Waals surface area contributed by atoms with Crippen LogP contribution in [0.1, 0.15) is 216 Å². The van der Waals surface area contributed by atoms with E-state index in [4.69, 9.17) is 19.1 Å². The maximum Gasteiger partial charge on any atom is 0.305 e. The van der Waals surface area contributed by atoms with Gasteiger partial charge < -0.3 is 19.6 Å². The summed E-state index contributed by atoms with van der Waals surface area (Å²) in [5.74, 6) is 3.44. The highest BCUT2D eigenvalue weighted by Crippen LogP contribution is 2.23. The molecule has 0 radical (unpaired) electrons. The minimum absolute atomic E-state index is 0.0148. The summed E-state index contributed by atoms with van der Waals surface area (Å²) in [4.78, 5) is 38.6. The average Bonchev–Trinajstić information content (AvgIpc) is 3.17. The molecule has 1 N–H and O–H groups in total. The normalized spacial score (nSPS) is 14.6. The fourth-order valence-electron chi connectivity index (χ4n) is 7.26. The molecule has 1 saturated heterocycles. The largest absolute Gasteiger partial charge is 0.465 e. The second kappa shape index (κ2) is 41.2. The lowest BCUT2D eigenvalue weighted by molar-refractivity contribution is -0.169. The van der Waals surface area contributed by atoms with Gasteiger partial charge >= 0.3 is 11.9 Å². The van der Waals surface area contributed by atoms with E-state index in [2.05, 4.69) is 60.7 Å². The Morgan fingerprint density at radius 1 is 0.509 bits per heavy atom. The summed E-state index contributed by atoms with van der Waals surface area (Å²) >= 11 is 0. The molecule has 1 fully saturated rings. The number of carbonyl (C=O) groups is 3. The second-order valence-corrected chi connectivity index (χ2v) is 18.7. The Hall–Kier alpha value is -1.51. The monoisotopic (exact) mass is 811 g/mol. The third-order valence-electron chi connectivity index (χ3n) is 11.4. The molecule has 0 aromatic heterocycles. The number of carbonyl (C=O) groups excluding carboxylic acids is 3. The highest BCUT2D eigenvalue weighted by molar-refractivity contribution is 5.69. The lowest BCUT2D eigenvalue weighted by Crippen LogP contribution is -2.23. The van der Waals surface area contributed by atoms with Gasteiger partial charge in [-0.1, -0.05) is 152 Å². The van der Waals surface area contributed by atoms with E-state index in [1.165, 1.54) is 109 Å². The van der Waals surface area contributed by atoms with Crippen LogP contribution in [-0.2, 0) is 28.7 Å². The Labute approximate surface area is 354 Å². The number of hydroxylamine groups is 2. The maximum atomic E-state index is 12.2. The standard InChI is InChI=1S/C43H85NO5.C5H11N.CH2O/c1-35(2)29-31-39(37(5)6)33-47-42(45)27-23-19-15-11-13-17-21-25-41(49-44(9)10)26-22-18-14-12-16-20-24-28-43(46)48-34-40(38(7)8)32-30-36(3)4;1-2-4-6-5-3-1;1-2/h35-41H,11-34H2,1-10H3;6H,1-5H2;1H2. The minimum atomic E-state index is -0.0148. The Morgan fingerprint density at radius 2 is 0.860 bits per heavy atom. The smallest absolute Gasteiger partial charge is 0.305 e. The molecule has 2 unspecified atom stereocenters. The van der Waals surface area contributed by atoms with Gasteiger partial charge in [0.15, 0.2) is 0 Å². The topological polar surface area (TPSA) is 94.2 Å². The number of esters is 2. The van der Waals surface area contributed by atoms with E-state index in [0.29, 0.717) is 67.7 Å². The van der Waals surface area contributed by atoms with E-state index < -0.39 is 0 Å². The molecule has 2 atom stereocenters. The van der Waals surface area contributed by atoms with E-state index in [1.54, 1.807) is 0 Å². The number of hydrogen-bond donors (Lipinski definition) is 1. The molecule has 0 aliphatic carbocycles. The zero-order chi connectivity index (χ0) is 43.1. The Morgan fingerprint density at radius 3 is 1.14 bits per heavy atom. The molecule has 0 aromatic carbocycles. The summed E-state index contributed by atoms with van der Waals surface area (Å²) < 4.78 is 11.3. The van der Waals surface area contributed by atoms with Crippen molar-refractivity contribution in [1.29, 1.82) is 0 Å². The van der Waals surface area contributed by atoms with E-state index in [0.717, 1.165) is 51.4 Å². The van der Waals surface area contributed by atoms with Gasteiger partial charge in [-0.25, -0.2) is 0 Å². The first-order chi connectivity index (χ1) is 27.3. The van der Waals surface area contributed by atoms with Crippen molar-refractivity contribution in [1.82, 2.24) is 10.4 Å². The lowest BCUT2D eigenvalue weighted by atomic mass is 9.89. The van der Waals surface area contributed by atoms with Crippen LogP contribution in [0.4, 0.5) is 0 Å². The fraction of sp³-hybridized carbons (Fsp3) is 0.939. The Balaban J connectivity index is 0. The van der Waals surface area contributed by atoms with Crippen molar-refractivity contribution in [2.75, 3.05) is 40.4 Å². The summed E-state index contributed by atoms with van der Waals surface area (Å²) in [6, 6.07) is 0. The van der Waals surface area contributed by atoms with Crippen molar-refractivity contribution in [2.45, 2.75) is 222 Å². The number of nitrogens with zero attached hydrogens (tertiary/aromatic N) is 1. The Kier molecular flexibility index (Phi) is 41.7. The van der Waals surface area contributed by atoms with Crippen molar-refractivity contribution >= 4 is 18.7 Å². The van der Waals surface area contributed by atoms with E-state index in [9.17, 15) is 9.59 Å². The molecule has 340 valence electrons. The molecule has 0 amide bonds. The summed E-state index contributed by atoms with van der Waals surface area (Å²) in [5.41, 5.74) is 0. The fourth-order valence-corrected chi connectivity index (χ4v) is 7.26. The first kappa shape index (κ1) is 57.6. The molecular weight excluding hydrogens is 713 g/mol. The Bertz CT molecular complexity index is 806. The van der Waals surface area contributed by atoms with Gasteiger partial charge in [0.25, 0.3) is 0 Å². The van der Waals surface area contributed by atoms with Gasteiger partial charge in [0.2, 0.25) is 0 Å². The summed E-state index contributed by atoms with van der Waals surface area (Å²) in [6.45, 7) is 23.7. The van der Waals surface area contributed by atoms with Crippen molar-refractivity contribution in [3.63, 3.8) is 0 Å². The third kappa shape index (κ3) is 41.0. The molecule has 1 aliphatic rings. The second-order valence-electron chi connectivity index (χ2n) is 18.7. The van der Waals surface area contributed by atoms with Crippen LogP contribution in [0.5, 0.6) is 0 Å².